The smallest absolute Gasteiger partial charge is 0.295 e. The number of hydrogen-bond donors (Lipinski definition) is 1. The summed E-state index contributed by atoms with van der Waals surface area (Å²) in [6.45, 7) is 3.22. The molecule has 2 aromatic rings. The van der Waals surface area contributed by atoms with Gasteiger partial charge in [-0.2, -0.15) is 0 Å². The maximum absolute atomic E-state index is 12.9. The Morgan fingerprint density at radius 3 is 2.29 bits per heavy atom. The molecule has 0 spiro atoms. The molecule has 0 aromatic heterocycles. The lowest BCUT2D eigenvalue weighted by Crippen LogP contribution is -2.32. The predicted octanol–water partition coefficient (Wildman–Crippen LogP) is 3.37. The van der Waals surface area contributed by atoms with Gasteiger partial charge in [0.2, 0.25) is 0 Å². The molecule has 0 radical (unpaired) electrons. The van der Waals surface area contributed by atoms with E-state index in [1.807, 2.05) is 68.4 Å². The number of benzene rings is 2. The summed E-state index contributed by atoms with van der Waals surface area (Å²) in [7, 11) is 3.94. The second kappa shape index (κ2) is 8.40. The Balaban J connectivity index is 2.06. The molecule has 5 heteroatoms. The number of rotatable bonds is 6. The van der Waals surface area contributed by atoms with Crippen molar-refractivity contribution >= 4 is 17.4 Å². The van der Waals surface area contributed by atoms with E-state index in [2.05, 4.69) is 0 Å². The van der Waals surface area contributed by atoms with Crippen LogP contribution in [0.3, 0.4) is 0 Å². The minimum atomic E-state index is -0.628. The molecule has 2 aromatic carbocycles. The third kappa shape index (κ3) is 3.99. The molecule has 3 rings (SSSR count). The van der Waals surface area contributed by atoms with Gasteiger partial charge in [-0.25, -0.2) is 0 Å². The van der Waals surface area contributed by atoms with E-state index in [4.69, 9.17) is 0 Å². The third-order valence-corrected chi connectivity index (χ3v) is 4.98. The monoisotopic (exact) mass is 378 g/mol. The zero-order valence-corrected chi connectivity index (χ0v) is 16.6. The van der Waals surface area contributed by atoms with Crippen LogP contribution in [0.5, 0.6) is 0 Å². The Morgan fingerprint density at radius 2 is 1.68 bits per heavy atom. The molecule has 1 saturated heterocycles. The molecule has 1 fully saturated rings. The first-order valence-electron chi connectivity index (χ1n) is 9.45. The van der Waals surface area contributed by atoms with Crippen molar-refractivity contribution in [2.24, 2.45) is 0 Å². The molecular weight excluding hydrogens is 352 g/mol. The van der Waals surface area contributed by atoms with Crippen LogP contribution in [-0.2, 0) is 9.59 Å². The van der Waals surface area contributed by atoms with Crippen LogP contribution in [0.1, 0.15) is 29.2 Å². The average molecular weight is 378 g/mol. The summed E-state index contributed by atoms with van der Waals surface area (Å²) in [6.07, 6.45) is 0.744. The number of ketones is 1. The fourth-order valence-electron chi connectivity index (χ4n) is 3.52. The molecular formula is C23H26N2O3. The van der Waals surface area contributed by atoms with Gasteiger partial charge in [-0.15, -0.1) is 0 Å². The molecule has 146 valence electrons. The van der Waals surface area contributed by atoms with Gasteiger partial charge in [0.1, 0.15) is 5.76 Å². The van der Waals surface area contributed by atoms with Crippen molar-refractivity contribution in [1.82, 2.24) is 9.80 Å². The van der Waals surface area contributed by atoms with E-state index < -0.39 is 17.7 Å². The van der Waals surface area contributed by atoms with E-state index >= 15 is 0 Å². The lowest BCUT2D eigenvalue weighted by molar-refractivity contribution is -0.139. The molecule has 1 heterocycles. The van der Waals surface area contributed by atoms with Gasteiger partial charge < -0.3 is 14.9 Å². The van der Waals surface area contributed by atoms with Crippen molar-refractivity contribution in [1.29, 1.82) is 0 Å². The minimum absolute atomic E-state index is 0.123. The number of carbonyl (C=O) groups is 2. The second-order valence-electron chi connectivity index (χ2n) is 7.43. The van der Waals surface area contributed by atoms with Gasteiger partial charge >= 0.3 is 0 Å². The molecule has 0 bridgehead atoms. The third-order valence-electron chi connectivity index (χ3n) is 4.98. The Bertz CT molecular complexity index is 886. The molecule has 0 aliphatic carbocycles. The number of nitrogens with zero attached hydrogens (tertiary/aromatic N) is 2. The summed E-state index contributed by atoms with van der Waals surface area (Å²) < 4.78 is 0. The van der Waals surface area contributed by atoms with Crippen LogP contribution in [0.25, 0.3) is 5.76 Å². The Labute approximate surface area is 165 Å². The molecule has 5 nitrogen and oxygen atoms in total. The van der Waals surface area contributed by atoms with Gasteiger partial charge in [0, 0.05) is 12.1 Å². The van der Waals surface area contributed by atoms with Crippen LogP contribution in [0, 0.1) is 6.92 Å². The minimum Gasteiger partial charge on any atom is -0.507 e. The van der Waals surface area contributed by atoms with Crippen molar-refractivity contribution in [3.05, 3.63) is 76.9 Å². The van der Waals surface area contributed by atoms with E-state index in [0.717, 1.165) is 24.1 Å². The number of amides is 1. The summed E-state index contributed by atoms with van der Waals surface area (Å²) in [6, 6.07) is 16.1. The van der Waals surface area contributed by atoms with Crippen LogP contribution in [0.15, 0.2) is 60.2 Å². The maximum atomic E-state index is 12.9. The summed E-state index contributed by atoms with van der Waals surface area (Å²) in [5.41, 5.74) is 2.57. The highest BCUT2D eigenvalue weighted by Crippen LogP contribution is 2.39. The SMILES string of the molecule is Cc1ccc(C(O)=C2C(=O)C(=O)N(CCCN(C)C)C2c2ccccc2)cc1. The summed E-state index contributed by atoms with van der Waals surface area (Å²) >= 11 is 0. The van der Waals surface area contributed by atoms with Crippen LogP contribution in [0.2, 0.25) is 0 Å². The Hall–Kier alpha value is -2.92. The molecule has 1 unspecified atom stereocenters. The topological polar surface area (TPSA) is 60.9 Å². The van der Waals surface area contributed by atoms with E-state index in [1.54, 1.807) is 17.0 Å². The highest BCUT2D eigenvalue weighted by molar-refractivity contribution is 6.46. The maximum Gasteiger partial charge on any atom is 0.295 e. The summed E-state index contributed by atoms with van der Waals surface area (Å²) in [5.74, 6) is -1.31. The van der Waals surface area contributed by atoms with E-state index in [9.17, 15) is 14.7 Å². The van der Waals surface area contributed by atoms with E-state index in [1.165, 1.54) is 0 Å². The molecule has 28 heavy (non-hydrogen) atoms. The number of aliphatic hydroxyl groups is 1. The lowest BCUT2D eigenvalue weighted by atomic mass is 9.95. The predicted molar refractivity (Wildman–Crippen MR) is 110 cm³/mol. The first kappa shape index (κ1) is 19.8. The van der Waals surface area contributed by atoms with Crippen LogP contribution in [0.4, 0.5) is 0 Å². The number of carbonyl (C=O) groups excluding carboxylic acids is 2. The van der Waals surface area contributed by atoms with Crippen LogP contribution in [-0.4, -0.2) is 53.8 Å². The van der Waals surface area contributed by atoms with Crippen LogP contribution < -0.4 is 0 Å². The van der Waals surface area contributed by atoms with Crippen molar-refractivity contribution in [2.75, 3.05) is 27.2 Å². The summed E-state index contributed by atoms with van der Waals surface area (Å²) in [4.78, 5) is 29.3. The molecule has 1 amide bonds. The normalized spacial score (nSPS) is 18.9. The fraction of sp³-hybridized carbons (Fsp3) is 0.304. The molecule has 1 atom stereocenters. The number of Topliss-reactive ketones (excluding diaryl/α,β-unsaturated/α-hetero) is 1. The van der Waals surface area contributed by atoms with Gasteiger partial charge in [0.15, 0.2) is 0 Å². The Morgan fingerprint density at radius 1 is 1.04 bits per heavy atom. The van der Waals surface area contributed by atoms with E-state index in [0.29, 0.717) is 12.1 Å². The standard InChI is InChI=1S/C23H26N2O3/c1-16-10-12-18(13-11-16)21(26)19-20(17-8-5-4-6-9-17)25(23(28)22(19)27)15-7-14-24(2)3/h4-6,8-13,20,26H,7,14-15H2,1-3H3. The van der Waals surface area contributed by atoms with Gasteiger partial charge in [-0.05, 0) is 39.5 Å². The number of aryl methyl sites for hydroxylation is 1. The van der Waals surface area contributed by atoms with Gasteiger partial charge in [-0.3, -0.25) is 9.59 Å². The zero-order chi connectivity index (χ0) is 20.3. The highest BCUT2D eigenvalue weighted by atomic mass is 16.3. The molecule has 0 saturated carbocycles. The first-order valence-corrected chi connectivity index (χ1v) is 9.45. The lowest BCUT2D eigenvalue weighted by Gasteiger charge is -2.26. The number of hydrogen-bond acceptors (Lipinski definition) is 4. The number of likely N-dealkylation sites (tertiary alicyclic amines) is 1. The van der Waals surface area contributed by atoms with E-state index in [-0.39, 0.29) is 11.3 Å². The quantitative estimate of drug-likeness (QED) is 0.476. The molecule has 1 N–H and O–H groups in total. The highest BCUT2D eigenvalue weighted by Gasteiger charge is 2.45. The van der Waals surface area contributed by atoms with Crippen molar-refractivity contribution in [3.8, 4) is 0 Å². The molecule has 1 aliphatic rings. The van der Waals surface area contributed by atoms with Crippen molar-refractivity contribution in [3.63, 3.8) is 0 Å². The van der Waals surface area contributed by atoms with Gasteiger partial charge in [0.25, 0.3) is 11.7 Å². The second-order valence-corrected chi connectivity index (χ2v) is 7.43. The van der Waals surface area contributed by atoms with Crippen LogP contribution >= 0.6 is 0 Å². The Kier molecular flexibility index (Phi) is 5.95. The average Bonchev–Trinajstić information content (AvgIpc) is 2.93. The van der Waals surface area contributed by atoms with Crippen molar-refractivity contribution < 1.29 is 14.7 Å². The van der Waals surface area contributed by atoms with Gasteiger partial charge in [0.05, 0.1) is 11.6 Å². The van der Waals surface area contributed by atoms with Gasteiger partial charge in [-0.1, -0.05) is 60.2 Å². The summed E-state index contributed by atoms with van der Waals surface area (Å²) in [5, 5.41) is 10.9. The largest absolute Gasteiger partial charge is 0.507 e. The molecule has 1 aliphatic heterocycles. The van der Waals surface area contributed by atoms with Crippen molar-refractivity contribution in [2.45, 2.75) is 19.4 Å². The zero-order valence-electron chi connectivity index (χ0n) is 16.6. The number of aliphatic hydroxyl groups excluding tert-OH is 1. The first-order chi connectivity index (χ1) is 13.4. The fourth-order valence-corrected chi connectivity index (χ4v) is 3.52.